The molecule has 1 N–H and O–H groups in total. The standard InChI is InChI=1S/C18H22ClNO3/c19-14-9-7-12(8-10-14)3-1-6-16(21)20-11-13-4-2-5-15(13)17(20)18(22)23/h7-10,13,15,17H,1-6,11H2,(H,22,23). The molecule has 1 saturated heterocycles. The van der Waals surface area contributed by atoms with Crippen LogP contribution in [0.4, 0.5) is 0 Å². The Kier molecular flexibility index (Phi) is 4.90. The molecule has 2 aliphatic rings. The van der Waals surface area contributed by atoms with Gasteiger partial charge in [-0.15, -0.1) is 0 Å². The molecule has 0 spiro atoms. The van der Waals surface area contributed by atoms with Crippen molar-refractivity contribution < 1.29 is 14.7 Å². The van der Waals surface area contributed by atoms with Crippen LogP contribution in [0.2, 0.25) is 5.02 Å². The van der Waals surface area contributed by atoms with Gasteiger partial charge in [-0.1, -0.05) is 30.2 Å². The Bertz CT molecular complexity index is 586. The zero-order chi connectivity index (χ0) is 16.4. The van der Waals surface area contributed by atoms with Crippen molar-refractivity contribution >= 4 is 23.5 Å². The minimum absolute atomic E-state index is 0.0132. The largest absolute Gasteiger partial charge is 0.480 e. The number of benzene rings is 1. The summed E-state index contributed by atoms with van der Waals surface area (Å²) in [6.07, 6.45) is 5.04. The third-order valence-electron chi connectivity index (χ3n) is 5.23. The summed E-state index contributed by atoms with van der Waals surface area (Å²) < 4.78 is 0. The lowest BCUT2D eigenvalue weighted by Gasteiger charge is -2.24. The quantitative estimate of drug-likeness (QED) is 0.897. The van der Waals surface area contributed by atoms with Gasteiger partial charge in [0.05, 0.1) is 0 Å². The molecule has 1 aromatic carbocycles. The highest BCUT2D eigenvalue weighted by atomic mass is 35.5. The van der Waals surface area contributed by atoms with Gasteiger partial charge in [0.2, 0.25) is 5.91 Å². The first-order chi connectivity index (χ1) is 11.1. The fourth-order valence-electron chi connectivity index (χ4n) is 4.12. The number of carbonyl (C=O) groups excluding carboxylic acids is 1. The van der Waals surface area contributed by atoms with Gasteiger partial charge < -0.3 is 10.0 Å². The SMILES string of the molecule is O=C(O)C1C2CCCC2CN1C(=O)CCCc1ccc(Cl)cc1. The number of likely N-dealkylation sites (tertiary alicyclic amines) is 1. The predicted molar refractivity (Wildman–Crippen MR) is 88.4 cm³/mol. The lowest BCUT2D eigenvalue weighted by Crippen LogP contribution is -2.43. The smallest absolute Gasteiger partial charge is 0.326 e. The van der Waals surface area contributed by atoms with E-state index in [2.05, 4.69) is 0 Å². The van der Waals surface area contributed by atoms with Crippen LogP contribution in [-0.4, -0.2) is 34.5 Å². The second-order valence-electron chi connectivity index (χ2n) is 6.66. The third-order valence-corrected chi connectivity index (χ3v) is 5.49. The highest BCUT2D eigenvalue weighted by Gasteiger charge is 2.49. The van der Waals surface area contributed by atoms with Crippen LogP contribution >= 0.6 is 11.6 Å². The van der Waals surface area contributed by atoms with E-state index in [1.54, 1.807) is 4.90 Å². The Hall–Kier alpha value is -1.55. The molecule has 1 aromatic rings. The molecule has 1 heterocycles. The van der Waals surface area contributed by atoms with E-state index in [4.69, 9.17) is 11.6 Å². The van der Waals surface area contributed by atoms with Crippen LogP contribution in [0, 0.1) is 11.8 Å². The van der Waals surface area contributed by atoms with Crippen molar-refractivity contribution in [1.29, 1.82) is 0 Å². The fourth-order valence-corrected chi connectivity index (χ4v) is 4.24. The molecule has 0 bridgehead atoms. The molecule has 5 heteroatoms. The average Bonchev–Trinajstić information content (AvgIpc) is 3.09. The number of fused-ring (bicyclic) bond motifs is 1. The van der Waals surface area contributed by atoms with E-state index in [1.165, 1.54) is 0 Å². The number of amides is 1. The number of nitrogens with zero attached hydrogens (tertiary/aromatic N) is 1. The molecule has 4 nitrogen and oxygen atoms in total. The number of rotatable bonds is 5. The summed E-state index contributed by atoms with van der Waals surface area (Å²) in [5.41, 5.74) is 1.15. The number of halogens is 1. The summed E-state index contributed by atoms with van der Waals surface area (Å²) in [7, 11) is 0. The minimum Gasteiger partial charge on any atom is -0.480 e. The van der Waals surface area contributed by atoms with Gasteiger partial charge in [-0.2, -0.15) is 0 Å². The molecule has 2 fully saturated rings. The number of aliphatic carboxylic acids is 1. The maximum absolute atomic E-state index is 12.5. The summed E-state index contributed by atoms with van der Waals surface area (Å²) >= 11 is 5.86. The van der Waals surface area contributed by atoms with Crippen LogP contribution in [-0.2, 0) is 16.0 Å². The van der Waals surface area contributed by atoms with Crippen molar-refractivity contribution in [3.8, 4) is 0 Å². The lowest BCUT2D eigenvalue weighted by molar-refractivity contribution is -0.149. The number of hydrogen-bond donors (Lipinski definition) is 1. The number of carbonyl (C=O) groups is 2. The van der Waals surface area contributed by atoms with Crippen molar-refractivity contribution in [1.82, 2.24) is 4.90 Å². The Labute approximate surface area is 141 Å². The lowest BCUT2D eigenvalue weighted by atomic mass is 9.94. The van der Waals surface area contributed by atoms with E-state index in [1.807, 2.05) is 24.3 Å². The van der Waals surface area contributed by atoms with Gasteiger partial charge in [0, 0.05) is 18.0 Å². The first-order valence-electron chi connectivity index (χ1n) is 8.33. The Morgan fingerprint density at radius 1 is 1.22 bits per heavy atom. The van der Waals surface area contributed by atoms with Crippen LogP contribution < -0.4 is 0 Å². The second kappa shape index (κ2) is 6.91. The Morgan fingerprint density at radius 3 is 2.65 bits per heavy atom. The average molecular weight is 336 g/mol. The first-order valence-corrected chi connectivity index (χ1v) is 8.71. The molecule has 3 atom stereocenters. The number of hydrogen-bond acceptors (Lipinski definition) is 2. The summed E-state index contributed by atoms with van der Waals surface area (Å²) in [6, 6.07) is 7.02. The molecular weight excluding hydrogens is 314 g/mol. The van der Waals surface area contributed by atoms with Gasteiger partial charge in [-0.05, 0) is 55.2 Å². The molecule has 1 aliphatic carbocycles. The first kappa shape index (κ1) is 16.3. The monoisotopic (exact) mass is 335 g/mol. The van der Waals surface area contributed by atoms with Crippen molar-refractivity contribution in [3.63, 3.8) is 0 Å². The molecule has 1 aliphatic heterocycles. The van der Waals surface area contributed by atoms with Gasteiger partial charge in [0.25, 0.3) is 0 Å². The molecule has 1 amide bonds. The Balaban J connectivity index is 1.55. The zero-order valence-electron chi connectivity index (χ0n) is 13.1. The van der Waals surface area contributed by atoms with Crippen LogP contribution in [0.15, 0.2) is 24.3 Å². The normalized spacial score (nSPS) is 26.3. The molecule has 0 radical (unpaired) electrons. The topological polar surface area (TPSA) is 57.6 Å². The van der Waals surface area contributed by atoms with Crippen LogP contribution in [0.3, 0.4) is 0 Å². The van der Waals surface area contributed by atoms with Gasteiger partial charge in [-0.25, -0.2) is 4.79 Å². The van der Waals surface area contributed by atoms with Gasteiger partial charge in [-0.3, -0.25) is 4.79 Å². The highest BCUT2D eigenvalue weighted by molar-refractivity contribution is 6.30. The van der Waals surface area contributed by atoms with Crippen molar-refractivity contribution in [2.24, 2.45) is 11.8 Å². The second-order valence-corrected chi connectivity index (χ2v) is 7.10. The maximum Gasteiger partial charge on any atom is 0.326 e. The Morgan fingerprint density at radius 2 is 1.96 bits per heavy atom. The number of carboxylic acids is 1. The molecule has 1 saturated carbocycles. The summed E-state index contributed by atoms with van der Waals surface area (Å²) in [4.78, 5) is 25.7. The van der Waals surface area contributed by atoms with E-state index in [-0.39, 0.29) is 11.8 Å². The summed E-state index contributed by atoms with van der Waals surface area (Å²) in [6.45, 7) is 0.626. The fraction of sp³-hybridized carbons (Fsp3) is 0.556. The van der Waals surface area contributed by atoms with Gasteiger partial charge in [0.1, 0.15) is 6.04 Å². The van der Waals surface area contributed by atoms with E-state index >= 15 is 0 Å². The van der Waals surface area contributed by atoms with Crippen LogP contribution in [0.1, 0.15) is 37.7 Å². The van der Waals surface area contributed by atoms with Crippen molar-refractivity contribution in [3.05, 3.63) is 34.9 Å². The molecule has 0 aromatic heterocycles. The molecule has 23 heavy (non-hydrogen) atoms. The van der Waals surface area contributed by atoms with Gasteiger partial charge >= 0.3 is 5.97 Å². The highest BCUT2D eigenvalue weighted by Crippen LogP contribution is 2.42. The van der Waals surface area contributed by atoms with E-state index < -0.39 is 12.0 Å². The number of aryl methyl sites for hydroxylation is 1. The molecule has 3 rings (SSSR count). The van der Waals surface area contributed by atoms with Crippen LogP contribution in [0.25, 0.3) is 0 Å². The van der Waals surface area contributed by atoms with Crippen LogP contribution in [0.5, 0.6) is 0 Å². The summed E-state index contributed by atoms with van der Waals surface area (Å²) in [5, 5.41) is 10.2. The van der Waals surface area contributed by atoms with E-state index in [0.717, 1.165) is 37.7 Å². The van der Waals surface area contributed by atoms with Gasteiger partial charge in [0.15, 0.2) is 0 Å². The maximum atomic E-state index is 12.5. The third kappa shape index (κ3) is 3.52. The predicted octanol–water partition coefficient (Wildman–Crippen LogP) is 3.37. The van der Waals surface area contributed by atoms with Crippen molar-refractivity contribution in [2.75, 3.05) is 6.54 Å². The molecular formula is C18H22ClNO3. The van der Waals surface area contributed by atoms with E-state index in [9.17, 15) is 14.7 Å². The number of carboxylic acid groups (broad SMARTS) is 1. The summed E-state index contributed by atoms with van der Waals surface area (Å²) in [5.74, 6) is -0.310. The van der Waals surface area contributed by atoms with E-state index in [0.29, 0.717) is 23.9 Å². The minimum atomic E-state index is -0.842. The molecule has 124 valence electrons. The molecule has 3 unspecified atom stereocenters. The zero-order valence-corrected chi connectivity index (χ0v) is 13.8. The van der Waals surface area contributed by atoms with Crippen molar-refractivity contribution in [2.45, 2.75) is 44.6 Å².